The molecule has 1 unspecified atom stereocenters. The highest BCUT2D eigenvalue weighted by Crippen LogP contribution is 2.18. The lowest BCUT2D eigenvalue weighted by Crippen LogP contribution is -2.31. The van der Waals surface area contributed by atoms with Crippen LogP contribution in [0.5, 0.6) is 0 Å². The fraction of sp³-hybridized carbons (Fsp3) is 0.692. The molecule has 1 atom stereocenters. The van der Waals surface area contributed by atoms with E-state index in [1.807, 2.05) is 6.08 Å². The van der Waals surface area contributed by atoms with Crippen LogP contribution in [0.2, 0.25) is 0 Å². The molecule has 1 rings (SSSR count). The van der Waals surface area contributed by atoms with Gasteiger partial charge in [0.2, 0.25) is 0 Å². The van der Waals surface area contributed by atoms with Crippen molar-refractivity contribution in [3.05, 3.63) is 24.0 Å². The number of nitrogens with two attached hydrogens (primary N) is 1. The van der Waals surface area contributed by atoms with Gasteiger partial charge in [-0.15, -0.1) is 0 Å². The minimum atomic E-state index is 0.581. The third-order valence-corrected chi connectivity index (χ3v) is 2.98. The second kappa shape index (κ2) is 7.47. The molecule has 0 aromatic heterocycles. The fourth-order valence-electron chi connectivity index (χ4n) is 2.00. The van der Waals surface area contributed by atoms with Gasteiger partial charge in [0.25, 0.3) is 0 Å². The predicted octanol–water partition coefficient (Wildman–Crippen LogP) is 1.76. The Hall–Kier alpha value is -0.800. The Labute approximate surface area is 98.9 Å². The topological polar surface area (TPSA) is 38.5 Å². The molecule has 0 fully saturated rings. The third kappa shape index (κ3) is 4.37. The molecular weight excluding hydrogens is 200 g/mol. The Morgan fingerprint density at radius 2 is 2.38 bits per heavy atom. The average molecular weight is 224 g/mol. The zero-order valence-corrected chi connectivity index (χ0v) is 10.5. The van der Waals surface area contributed by atoms with Gasteiger partial charge in [0.05, 0.1) is 7.11 Å². The zero-order valence-electron chi connectivity index (χ0n) is 10.5. The van der Waals surface area contributed by atoms with Crippen LogP contribution >= 0.6 is 0 Å². The van der Waals surface area contributed by atoms with Crippen LogP contribution in [0.3, 0.4) is 0 Å². The van der Waals surface area contributed by atoms with Gasteiger partial charge in [0, 0.05) is 6.54 Å². The lowest BCUT2D eigenvalue weighted by Gasteiger charge is -2.25. The van der Waals surface area contributed by atoms with Crippen LogP contribution < -0.4 is 5.73 Å². The molecule has 0 aromatic carbocycles. The molecule has 0 saturated heterocycles. The third-order valence-electron chi connectivity index (χ3n) is 2.98. The molecule has 3 heteroatoms. The van der Waals surface area contributed by atoms with Crippen molar-refractivity contribution < 1.29 is 4.74 Å². The number of hydrogen-bond donors (Lipinski definition) is 1. The van der Waals surface area contributed by atoms with Gasteiger partial charge < -0.3 is 15.4 Å². The summed E-state index contributed by atoms with van der Waals surface area (Å²) < 4.78 is 5.25. The summed E-state index contributed by atoms with van der Waals surface area (Å²) in [6.07, 6.45) is 8.67. The van der Waals surface area contributed by atoms with E-state index < -0.39 is 0 Å². The van der Waals surface area contributed by atoms with Gasteiger partial charge in [-0.25, -0.2) is 0 Å². The van der Waals surface area contributed by atoms with Gasteiger partial charge >= 0.3 is 0 Å². The molecule has 2 N–H and O–H groups in total. The van der Waals surface area contributed by atoms with Crippen LogP contribution in [0.4, 0.5) is 0 Å². The number of methoxy groups -OCH3 is 1. The summed E-state index contributed by atoms with van der Waals surface area (Å²) in [7, 11) is 1.73. The fourth-order valence-corrected chi connectivity index (χ4v) is 2.00. The standard InChI is InChI=1S/C13H24N2O/c1-3-15(9-5-8-14)11-12-6-4-7-13(10-12)16-2/h4,7,10,12H,3,5-6,8-9,11,14H2,1-2H3. The minimum Gasteiger partial charge on any atom is -0.497 e. The average Bonchev–Trinajstić information content (AvgIpc) is 2.34. The van der Waals surface area contributed by atoms with Crippen molar-refractivity contribution in [3.8, 4) is 0 Å². The molecule has 16 heavy (non-hydrogen) atoms. The summed E-state index contributed by atoms with van der Waals surface area (Å²) >= 11 is 0. The second-order valence-corrected chi connectivity index (χ2v) is 4.21. The summed E-state index contributed by atoms with van der Waals surface area (Å²) in [5.74, 6) is 1.57. The van der Waals surface area contributed by atoms with E-state index >= 15 is 0 Å². The van der Waals surface area contributed by atoms with Crippen LogP contribution in [0.1, 0.15) is 19.8 Å². The lowest BCUT2D eigenvalue weighted by molar-refractivity contribution is 0.249. The highest BCUT2D eigenvalue weighted by Gasteiger charge is 2.13. The first-order chi connectivity index (χ1) is 7.80. The van der Waals surface area contributed by atoms with Crippen LogP contribution in [0.25, 0.3) is 0 Å². The van der Waals surface area contributed by atoms with Crippen molar-refractivity contribution in [1.82, 2.24) is 4.90 Å². The number of nitrogens with zero attached hydrogens (tertiary/aromatic N) is 1. The largest absolute Gasteiger partial charge is 0.497 e. The summed E-state index contributed by atoms with van der Waals surface area (Å²) in [5.41, 5.74) is 5.54. The molecular formula is C13H24N2O. The summed E-state index contributed by atoms with van der Waals surface area (Å²) in [5, 5.41) is 0. The molecule has 0 bridgehead atoms. The molecule has 1 aliphatic carbocycles. The van der Waals surface area contributed by atoms with Gasteiger partial charge in [-0.3, -0.25) is 0 Å². The van der Waals surface area contributed by atoms with Gasteiger partial charge in [-0.1, -0.05) is 13.0 Å². The first-order valence-corrected chi connectivity index (χ1v) is 6.15. The Morgan fingerprint density at radius 1 is 1.56 bits per heavy atom. The Bertz CT molecular complexity index is 248. The van der Waals surface area contributed by atoms with Gasteiger partial charge in [-0.05, 0) is 50.5 Å². The summed E-state index contributed by atoms with van der Waals surface area (Å²) in [4.78, 5) is 2.46. The number of rotatable bonds is 7. The van der Waals surface area contributed by atoms with Crippen LogP contribution in [0, 0.1) is 5.92 Å². The Morgan fingerprint density at radius 3 is 3.00 bits per heavy atom. The number of ether oxygens (including phenoxy) is 1. The molecule has 1 aliphatic rings. The molecule has 0 aromatic rings. The number of allylic oxidation sites excluding steroid dienone is 2. The predicted molar refractivity (Wildman–Crippen MR) is 68.1 cm³/mol. The quantitative estimate of drug-likeness (QED) is 0.716. The highest BCUT2D eigenvalue weighted by atomic mass is 16.5. The van der Waals surface area contributed by atoms with E-state index in [1.165, 1.54) is 0 Å². The van der Waals surface area contributed by atoms with Crippen LogP contribution in [-0.2, 0) is 4.74 Å². The van der Waals surface area contributed by atoms with Crippen molar-refractivity contribution in [3.63, 3.8) is 0 Å². The first kappa shape index (κ1) is 13.3. The molecule has 0 saturated carbocycles. The Kier molecular flexibility index (Phi) is 6.19. The molecule has 3 nitrogen and oxygen atoms in total. The second-order valence-electron chi connectivity index (χ2n) is 4.21. The van der Waals surface area contributed by atoms with Crippen molar-refractivity contribution >= 4 is 0 Å². The van der Waals surface area contributed by atoms with Crippen molar-refractivity contribution in [2.45, 2.75) is 19.8 Å². The molecule has 0 radical (unpaired) electrons. The normalized spacial score (nSPS) is 20.0. The molecule has 0 aliphatic heterocycles. The van der Waals surface area contributed by atoms with E-state index in [9.17, 15) is 0 Å². The van der Waals surface area contributed by atoms with E-state index in [4.69, 9.17) is 10.5 Å². The van der Waals surface area contributed by atoms with E-state index in [-0.39, 0.29) is 0 Å². The smallest absolute Gasteiger partial charge is 0.114 e. The van der Waals surface area contributed by atoms with E-state index in [2.05, 4.69) is 24.0 Å². The van der Waals surface area contributed by atoms with Crippen molar-refractivity contribution in [2.24, 2.45) is 11.7 Å². The summed E-state index contributed by atoms with van der Waals surface area (Å²) in [6.45, 7) is 6.28. The van der Waals surface area contributed by atoms with E-state index in [0.717, 1.165) is 44.8 Å². The van der Waals surface area contributed by atoms with Gasteiger partial charge in [0.15, 0.2) is 0 Å². The van der Waals surface area contributed by atoms with Gasteiger partial charge in [-0.2, -0.15) is 0 Å². The van der Waals surface area contributed by atoms with E-state index in [1.54, 1.807) is 7.11 Å². The van der Waals surface area contributed by atoms with E-state index in [0.29, 0.717) is 5.92 Å². The molecule has 92 valence electrons. The maximum atomic E-state index is 5.54. The zero-order chi connectivity index (χ0) is 11.8. The van der Waals surface area contributed by atoms with Crippen LogP contribution in [-0.4, -0.2) is 38.2 Å². The highest BCUT2D eigenvalue weighted by molar-refractivity contribution is 5.18. The maximum Gasteiger partial charge on any atom is 0.114 e. The Balaban J connectivity index is 2.40. The SMILES string of the molecule is CCN(CCCN)CC1C=C(OC)C=CC1. The minimum absolute atomic E-state index is 0.581. The van der Waals surface area contributed by atoms with Gasteiger partial charge in [0.1, 0.15) is 5.76 Å². The monoisotopic (exact) mass is 224 g/mol. The van der Waals surface area contributed by atoms with Crippen LogP contribution in [0.15, 0.2) is 24.0 Å². The maximum absolute atomic E-state index is 5.54. The molecule has 0 amide bonds. The molecule has 0 spiro atoms. The number of hydrogen-bond acceptors (Lipinski definition) is 3. The lowest BCUT2D eigenvalue weighted by atomic mass is 9.99. The first-order valence-electron chi connectivity index (χ1n) is 6.15. The van der Waals surface area contributed by atoms with Crippen molar-refractivity contribution in [1.29, 1.82) is 0 Å². The molecule has 0 heterocycles. The summed E-state index contributed by atoms with van der Waals surface area (Å²) in [6, 6.07) is 0. The van der Waals surface area contributed by atoms with Crippen molar-refractivity contribution in [2.75, 3.05) is 33.3 Å².